The van der Waals surface area contributed by atoms with Gasteiger partial charge in [-0.1, -0.05) is 25.4 Å². The number of aliphatic carboxylic acids is 1. The molecule has 9 nitrogen and oxygen atoms in total. The number of halogens is 3. The van der Waals surface area contributed by atoms with Crippen LogP contribution < -0.4 is 10.1 Å². The van der Waals surface area contributed by atoms with Crippen molar-refractivity contribution in [2.24, 2.45) is 11.8 Å². The topological polar surface area (TPSA) is 106 Å². The monoisotopic (exact) mass is 568 g/mol. The van der Waals surface area contributed by atoms with Gasteiger partial charge < -0.3 is 24.8 Å². The molecule has 1 saturated carbocycles. The minimum atomic E-state index is -3.09. The summed E-state index contributed by atoms with van der Waals surface area (Å²) in [5.74, 6) is -1.86. The first-order valence-electron chi connectivity index (χ1n) is 13.1. The van der Waals surface area contributed by atoms with Crippen LogP contribution >= 0.6 is 11.6 Å². The van der Waals surface area contributed by atoms with Crippen LogP contribution in [-0.4, -0.2) is 71.1 Å². The quantitative estimate of drug-likeness (QED) is 0.400. The van der Waals surface area contributed by atoms with Gasteiger partial charge in [0.05, 0.1) is 17.7 Å². The van der Waals surface area contributed by atoms with E-state index in [1.807, 2.05) is 19.9 Å². The second-order valence-corrected chi connectivity index (χ2v) is 11.1. The lowest BCUT2D eigenvalue weighted by atomic mass is 9.73. The van der Waals surface area contributed by atoms with Gasteiger partial charge in [-0.15, -0.1) is 0 Å². The lowest BCUT2D eigenvalue weighted by molar-refractivity contribution is -0.149. The van der Waals surface area contributed by atoms with Crippen molar-refractivity contribution in [2.45, 2.75) is 63.7 Å². The van der Waals surface area contributed by atoms with Gasteiger partial charge in [0.1, 0.15) is 5.54 Å². The molecule has 2 fully saturated rings. The summed E-state index contributed by atoms with van der Waals surface area (Å²) in [5, 5.41) is 17.4. The number of carbonyl (C=O) groups excluding carboxylic acids is 1. The Labute approximate surface area is 231 Å². The molecule has 1 aliphatic heterocycles. The molecule has 0 radical (unpaired) electrons. The molecule has 12 heteroatoms. The number of piperidine rings is 1. The molecule has 39 heavy (non-hydrogen) atoms. The van der Waals surface area contributed by atoms with E-state index in [4.69, 9.17) is 16.3 Å². The van der Waals surface area contributed by atoms with Gasteiger partial charge in [-0.05, 0) is 55.7 Å². The Kier molecular flexibility index (Phi) is 9.13. The number of methoxy groups -OCH3 is 1. The highest BCUT2D eigenvalue weighted by atomic mass is 35.5. The molecule has 2 heterocycles. The van der Waals surface area contributed by atoms with E-state index in [2.05, 4.69) is 20.1 Å². The molecule has 214 valence electrons. The van der Waals surface area contributed by atoms with E-state index in [-0.39, 0.29) is 34.4 Å². The predicted octanol–water partition coefficient (Wildman–Crippen LogP) is 4.82. The smallest absolute Gasteiger partial charge is 0.387 e. The Morgan fingerprint density at radius 1 is 1.23 bits per heavy atom. The first-order valence-corrected chi connectivity index (χ1v) is 13.5. The first-order chi connectivity index (χ1) is 18.5. The lowest BCUT2D eigenvalue weighted by Crippen LogP contribution is -2.55. The van der Waals surface area contributed by atoms with Crippen molar-refractivity contribution in [2.75, 3.05) is 32.1 Å². The van der Waals surface area contributed by atoms with Gasteiger partial charge in [0.15, 0.2) is 5.75 Å². The lowest BCUT2D eigenvalue weighted by Gasteiger charge is -2.44. The summed E-state index contributed by atoms with van der Waals surface area (Å²) in [6.45, 7) is 2.24. The Bertz CT molecular complexity index is 1160. The van der Waals surface area contributed by atoms with Crippen molar-refractivity contribution in [3.05, 3.63) is 41.2 Å². The van der Waals surface area contributed by atoms with Crippen LogP contribution in [0.15, 0.2) is 30.5 Å². The number of alkyl halides is 2. The van der Waals surface area contributed by atoms with Crippen LogP contribution in [0.5, 0.6) is 5.75 Å². The number of anilines is 1. The zero-order chi connectivity index (χ0) is 28.3. The first kappa shape index (κ1) is 29.2. The van der Waals surface area contributed by atoms with Crippen molar-refractivity contribution in [3.63, 3.8) is 0 Å². The highest BCUT2D eigenvalue weighted by Gasteiger charge is 2.47. The largest absolute Gasteiger partial charge is 0.481 e. The molecular weight excluding hydrogens is 534 g/mol. The summed E-state index contributed by atoms with van der Waals surface area (Å²) in [4.78, 5) is 28.1. The van der Waals surface area contributed by atoms with Crippen molar-refractivity contribution < 1.29 is 33.0 Å². The second-order valence-electron chi connectivity index (χ2n) is 10.7. The number of carboxylic acid groups (broad SMARTS) is 1. The highest BCUT2D eigenvalue weighted by Crippen LogP contribution is 2.39. The molecule has 1 saturated heterocycles. The molecule has 0 bridgehead atoms. The fraction of sp³-hybridized carbons (Fsp3) is 0.593. The minimum Gasteiger partial charge on any atom is -0.481 e. The molecule has 0 unspecified atom stereocenters. The molecule has 2 aliphatic rings. The molecule has 1 aliphatic carbocycles. The van der Waals surface area contributed by atoms with E-state index in [9.17, 15) is 23.5 Å². The predicted molar refractivity (Wildman–Crippen MR) is 141 cm³/mol. The Morgan fingerprint density at radius 2 is 1.92 bits per heavy atom. The average molecular weight is 569 g/mol. The number of nitrogens with one attached hydrogen (secondary N) is 1. The van der Waals surface area contributed by atoms with Gasteiger partial charge >= 0.3 is 12.6 Å². The standard InChI is InChI=1S/C27H35ClF2N4O5/c1-16(2)22-6-9-31-34(22)27(25(37)32-21-5-4-18(28)14-23(21)39-26(29)30)7-10-33(11-8-27)15-20(24(35)36)17-12-19(13-17)38-3/h4-6,9,14,16-17,19-20,26H,7-8,10-13,15H2,1-3H3,(H,32,37)(H,35,36)/t17?,19?,20-/m1/s1. The third kappa shape index (κ3) is 6.36. The van der Waals surface area contributed by atoms with E-state index >= 15 is 0 Å². The van der Waals surface area contributed by atoms with E-state index in [0.29, 0.717) is 32.5 Å². The fourth-order valence-corrected chi connectivity index (χ4v) is 5.78. The molecule has 1 atom stereocenters. The SMILES string of the molecule is COC1CC([C@@H](CN2CCC(C(=O)Nc3ccc(Cl)cc3OC(F)F)(n3nccc3C(C)C)CC2)C(=O)O)C1. The molecule has 1 aromatic carbocycles. The van der Waals surface area contributed by atoms with Crippen molar-refractivity contribution >= 4 is 29.2 Å². The summed E-state index contributed by atoms with van der Waals surface area (Å²) in [6.07, 6.45) is 3.92. The van der Waals surface area contributed by atoms with Crippen molar-refractivity contribution in [3.8, 4) is 5.75 Å². The Morgan fingerprint density at radius 3 is 2.51 bits per heavy atom. The highest BCUT2D eigenvalue weighted by molar-refractivity contribution is 6.30. The van der Waals surface area contributed by atoms with Crippen LogP contribution in [0, 0.1) is 11.8 Å². The molecule has 2 aromatic rings. The van der Waals surface area contributed by atoms with Crippen LogP contribution in [0.25, 0.3) is 0 Å². The number of ether oxygens (including phenoxy) is 2. The average Bonchev–Trinajstić information content (AvgIpc) is 3.35. The van der Waals surface area contributed by atoms with E-state index in [0.717, 1.165) is 18.5 Å². The van der Waals surface area contributed by atoms with Crippen LogP contribution in [0.4, 0.5) is 14.5 Å². The molecule has 2 N–H and O–H groups in total. The summed E-state index contributed by atoms with van der Waals surface area (Å²) in [6, 6.07) is 6.01. The van der Waals surface area contributed by atoms with E-state index < -0.39 is 29.9 Å². The van der Waals surface area contributed by atoms with E-state index in [1.165, 1.54) is 18.2 Å². The maximum atomic E-state index is 14.0. The number of carboxylic acids is 1. The molecular formula is C27H35ClF2N4O5. The number of nitrogens with zero attached hydrogens (tertiary/aromatic N) is 3. The molecule has 1 aromatic heterocycles. The summed E-state index contributed by atoms with van der Waals surface area (Å²) >= 11 is 5.98. The third-order valence-electron chi connectivity index (χ3n) is 7.99. The van der Waals surface area contributed by atoms with E-state index in [1.54, 1.807) is 18.0 Å². The van der Waals surface area contributed by atoms with Crippen molar-refractivity contribution in [1.29, 1.82) is 0 Å². The number of hydrogen-bond donors (Lipinski definition) is 2. The number of aromatic nitrogens is 2. The molecule has 0 spiro atoms. The van der Waals surface area contributed by atoms with Crippen LogP contribution in [-0.2, 0) is 19.9 Å². The number of benzene rings is 1. The number of rotatable bonds is 11. The number of carbonyl (C=O) groups is 2. The van der Waals surface area contributed by atoms with Crippen LogP contribution in [0.1, 0.15) is 51.1 Å². The van der Waals surface area contributed by atoms with Gasteiger partial charge in [-0.3, -0.25) is 14.3 Å². The second kappa shape index (κ2) is 12.2. The summed E-state index contributed by atoms with van der Waals surface area (Å²) in [5.41, 5.74) is -0.173. The minimum absolute atomic E-state index is 0.0549. The maximum absolute atomic E-state index is 14.0. The maximum Gasteiger partial charge on any atom is 0.387 e. The van der Waals surface area contributed by atoms with Gasteiger partial charge in [0.25, 0.3) is 5.91 Å². The number of amides is 1. The molecule has 1 amide bonds. The van der Waals surface area contributed by atoms with Gasteiger partial charge in [-0.25, -0.2) is 0 Å². The summed E-state index contributed by atoms with van der Waals surface area (Å²) < 4.78 is 37.8. The zero-order valence-corrected chi connectivity index (χ0v) is 23.0. The van der Waals surface area contributed by atoms with Crippen LogP contribution in [0.3, 0.4) is 0 Å². The number of hydrogen-bond acceptors (Lipinski definition) is 6. The number of likely N-dealkylation sites (tertiary alicyclic amines) is 1. The third-order valence-corrected chi connectivity index (χ3v) is 8.22. The zero-order valence-electron chi connectivity index (χ0n) is 22.3. The summed E-state index contributed by atoms with van der Waals surface area (Å²) in [7, 11) is 1.64. The molecule has 4 rings (SSSR count). The van der Waals surface area contributed by atoms with Gasteiger partial charge in [0.2, 0.25) is 0 Å². The van der Waals surface area contributed by atoms with Gasteiger partial charge in [-0.2, -0.15) is 13.9 Å². The fourth-order valence-electron chi connectivity index (χ4n) is 5.61. The van der Waals surface area contributed by atoms with Crippen molar-refractivity contribution in [1.82, 2.24) is 14.7 Å². The Hall–Kier alpha value is -2.76. The van der Waals surface area contributed by atoms with Gasteiger partial charge in [0, 0.05) is 49.7 Å². The van der Waals surface area contributed by atoms with Crippen LogP contribution in [0.2, 0.25) is 5.02 Å². The normalized spacial score (nSPS) is 21.9. The Balaban J connectivity index is 1.57.